The maximum Gasteiger partial charge on any atom is 0.226 e. The van der Waals surface area contributed by atoms with Crippen molar-refractivity contribution in [2.24, 2.45) is 0 Å². The molecule has 0 fully saturated rings. The van der Waals surface area contributed by atoms with Crippen molar-refractivity contribution in [1.29, 1.82) is 0 Å². The van der Waals surface area contributed by atoms with Crippen molar-refractivity contribution in [2.45, 2.75) is 17.4 Å². The van der Waals surface area contributed by atoms with Gasteiger partial charge in [-0.25, -0.2) is 13.1 Å². The van der Waals surface area contributed by atoms with Gasteiger partial charge in [-0.3, -0.25) is 0 Å². The van der Waals surface area contributed by atoms with Gasteiger partial charge >= 0.3 is 0 Å². The minimum Gasteiger partial charge on any atom is -0.211 e. The Morgan fingerprint density at radius 3 is 2.94 bits per heavy atom. The van der Waals surface area contributed by atoms with Gasteiger partial charge in [0.15, 0.2) is 0 Å². The molecule has 2 rings (SSSR count). The summed E-state index contributed by atoms with van der Waals surface area (Å²) in [6.45, 7) is 0. The Morgan fingerprint density at radius 1 is 1.44 bits per heavy atom. The molecule has 0 bridgehead atoms. The van der Waals surface area contributed by atoms with E-state index in [0.29, 0.717) is 0 Å². The lowest BCUT2D eigenvalue weighted by Gasteiger charge is -2.25. The van der Waals surface area contributed by atoms with E-state index in [1.807, 2.05) is 24.3 Å². The van der Waals surface area contributed by atoms with Gasteiger partial charge in [-0.1, -0.05) is 18.2 Å². The molecule has 1 aliphatic rings. The molecular formula is C10H12ClNO2S2. The van der Waals surface area contributed by atoms with Gasteiger partial charge in [0, 0.05) is 10.9 Å². The van der Waals surface area contributed by atoms with Crippen LogP contribution >= 0.6 is 23.4 Å². The van der Waals surface area contributed by atoms with Crippen LogP contribution in [0.2, 0.25) is 0 Å². The highest BCUT2D eigenvalue weighted by Crippen LogP contribution is 2.36. The number of nitrogens with one attached hydrogen (secondary N) is 1. The first-order valence-electron chi connectivity index (χ1n) is 4.90. The number of hydrogen-bond donors (Lipinski definition) is 1. The van der Waals surface area contributed by atoms with Crippen molar-refractivity contribution in [3.05, 3.63) is 29.8 Å². The minimum atomic E-state index is -3.36. The van der Waals surface area contributed by atoms with Gasteiger partial charge in [0.05, 0.1) is 0 Å². The van der Waals surface area contributed by atoms with E-state index in [1.54, 1.807) is 11.8 Å². The Kier molecular flexibility index (Phi) is 3.79. The standard InChI is InChI=1S/C10H12ClNO2S2/c11-7-16(13,14)12-9-5-6-15-10-4-2-1-3-8(9)10/h1-4,9,12H,5-7H2. The molecule has 6 heteroatoms. The highest BCUT2D eigenvalue weighted by atomic mass is 35.5. The molecule has 0 spiro atoms. The maximum atomic E-state index is 11.4. The molecule has 0 aromatic heterocycles. The van der Waals surface area contributed by atoms with E-state index >= 15 is 0 Å². The number of halogens is 1. The summed E-state index contributed by atoms with van der Waals surface area (Å²) >= 11 is 7.14. The van der Waals surface area contributed by atoms with Gasteiger partial charge < -0.3 is 0 Å². The van der Waals surface area contributed by atoms with Crippen molar-refractivity contribution in [1.82, 2.24) is 4.72 Å². The van der Waals surface area contributed by atoms with E-state index in [0.717, 1.165) is 22.6 Å². The van der Waals surface area contributed by atoms with Gasteiger partial charge in [-0.15, -0.1) is 23.4 Å². The van der Waals surface area contributed by atoms with Gasteiger partial charge in [-0.2, -0.15) is 0 Å². The summed E-state index contributed by atoms with van der Waals surface area (Å²) in [5.41, 5.74) is 1.05. The maximum absolute atomic E-state index is 11.4. The molecule has 0 saturated heterocycles. The van der Waals surface area contributed by atoms with Crippen LogP contribution in [0, 0.1) is 0 Å². The second-order valence-electron chi connectivity index (χ2n) is 3.57. The predicted octanol–water partition coefficient (Wildman–Crippen LogP) is 2.34. The van der Waals surface area contributed by atoms with Crippen LogP contribution in [-0.4, -0.2) is 19.4 Å². The average molecular weight is 278 g/mol. The molecule has 0 amide bonds. The van der Waals surface area contributed by atoms with Crippen molar-refractivity contribution >= 4 is 33.4 Å². The number of rotatable bonds is 3. The summed E-state index contributed by atoms with van der Waals surface area (Å²) in [5, 5.41) is -0.390. The molecule has 0 radical (unpaired) electrons. The molecule has 1 aliphatic heterocycles. The second-order valence-corrected chi connectivity index (χ2v) is 7.04. The smallest absolute Gasteiger partial charge is 0.211 e. The summed E-state index contributed by atoms with van der Waals surface area (Å²) in [5.74, 6) is 0.923. The lowest BCUT2D eigenvalue weighted by molar-refractivity contribution is 0.550. The molecular weight excluding hydrogens is 266 g/mol. The number of hydrogen-bond acceptors (Lipinski definition) is 3. The first-order chi connectivity index (χ1) is 7.62. The highest BCUT2D eigenvalue weighted by Gasteiger charge is 2.24. The van der Waals surface area contributed by atoms with Crippen LogP contribution < -0.4 is 4.72 Å². The molecule has 0 saturated carbocycles. The number of benzene rings is 1. The predicted molar refractivity (Wildman–Crippen MR) is 67.3 cm³/mol. The highest BCUT2D eigenvalue weighted by molar-refractivity contribution is 7.99. The van der Waals surface area contributed by atoms with E-state index in [2.05, 4.69) is 4.72 Å². The summed E-state index contributed by atoms with van der Waals surface area (Å²) in [6.07, 6.45) is 0.803. The molecule has 16 heavy (non-hydrogen) atoms. The Hall–Kier alpha value is -0.230. The largest absolute Gasteiger partial charge is 0.226 e. The summed E-state index contributed by atoms with van der Waals surface area (Å²) in [4.78, 5) is 1.15. The van der Waals surface area contributed by atoms with Crippen LogP contribution in [0.15, 0.2) is 29.2 Å². The van der Waals surface area contributed by atoms with Crippen LogP contribution in [0.5, 0.6) is 0 Å². The third kappa shape index (κ3) is 2.71. The molecule has 88 valence electrons. The van der Waals surface area contributed by atoms with Crippen molar-refractivity contribution in [3.63, 3.8) is 0 Å². The molecule has 3 nitrogen and oxygen atoms in total. The Morgan fingerprint density at radius 2 is 2.19 bits per heavy atom. The van der Waals surface area contributed by atoms with Crippen molar-refractivity contribution < 1.29 is 8.42 Å². The number of sulfonamides is 1. The van der Waals surface area contributed by atoms with E-state index in [9.17, 15) is 8.42 Å². The van der Waals surface area contributed by atoms with Gasteiger partial charge in [0.2, 0.25) is 10.0 Å². The fourth-order valence-corrected chi connectivity index (χ4v) is 3.77. The van der Waals surface area contributed by atoms with Crippen LogP contribution in [-0.2, 0) is 10.0 Å². The van der Waals surface area contributed by atoms with E-state index in [4.69, 9.17) is 11.6 Å². The fourth-order valence-electron chi connectivity index (χ4n) is 1.71. The van der Waals surface area contributed by atoms with Crippen LogP contribution in [0.1, 0.15) is 18.0 Å². The second kappa shape index (κ2) is 4.96. The quantitative estimate of drug-likeness (QED) is 0.863. The Labute approximate surface area is 105 Å². The third-order valence-electron chi connectivity index (χ3n) is 2.42. The molecule has 0 aliphatic carbocycles. The Balaban J connectivity index is 2.26. The van der Waals surface area contributed by atoms with Crippen molar-refractivity contribution in [2.75, 3.05) is 11.0 Å². The number of fused-ring (bicyclic) bond motifs is 1. The first kappa shape index (κ1) is 12.2. The summed E-state index contributed by atoms with van der Waals surface area (Å²) < 4.78 is 25.5. The lowest BCUT2D eigenvalue weighted by atomic mass is 10.1. The van der Waals surface area contributed by atoms with E-state index < -0.39 is 15.2 Å². The monoisotopic (exact) mass is 277 g/mol. The van der Waals surface area contributed by atoms with Crippen LogP contribution in [0.25, 0.3) is 0 Å². The number of alkyl halides is 1. The van der Waals surface area contributed by atoms with Gasteiger partial charge in [-0.05, 0) is 23.8 Å². The van der Waals surface area contributed by atoms with Gasteiger partial charge in [0.1, 0.15) is 5.21 Å². The zero-order chi connectivity index (χ0) is 11.6. The molecule has 1 N–H and O–H groups in total. The molecule has 1 aromatic carbocycles. The van der Waals surface area contributed by atoms with Crippen LogP contribution in [0.4, 0.5) is 0 Å². The zero-order valence-corrected chi connectivity index (χ0v) is 10.9. The van der Waals surface area contributed by atoms with Gasteiger partial charge in [0.25, 0.3) is 0 Å². The zero-order valence-electron chi connectivity index (χ0n) is 8.52. The first-order valence-corrected chi connectivity index (χ1v) is 8.07. The van der Waals surface area contributed by atoms with E-state index in [-0.39, 0.29) is 6.04 Å². The minimum absolute atomic E-state index is 0.138. The fraction of sp³-hybridized carbons (Fsp3) is 0.400. The molecule has 1 atom stereocenters. The van der Waals surface area contributed by atoms with Crippen molar-refractivity contribution in [3.8, 4) is 0 Å². The summed E-state index contributed by atoms with van der Waals surface area (Å²) in [6, 6.07) is 7.72. The lowest BCUT2D eigenvalue weighted by Crippen LogP contribution is -2.31. The normalized spacial score (nSPS) is 20.4. The molecule has 1 heterocycles. The Bertz CT molecular complexity index is 475. The molecule has 1 unspecified atom stereocenters. The van der Waals surface area contributed by atoms with E-state index in [1.165, 1.54) is 0 Å². The molecule has 1 aromatic rings. The average Bonchev–Trinajstić information content (AvgIpc) is 2.29. The van der Waals surface area contributed by atoms with Crippen LogP contribution in [0.3, 0.4) is 0 Å². The third-order valence-corrected chi connectivity index (χ3v) is 5.34. The summed E-state index contributed by atoms with van der Waals surface area (Å²) in [7, 11) is -3.36. The number of thioether (sulfide) groups is 1. The SMILES string of the molecule is O=S(=O)(CCl)NC1CCSc2ccccc21. The topological polar surface area (TPSA) is 46.2 Å².